The van der Waals surface area contributed by atoms with Crippen LogP contribution in [0.3, 0.4) is 0 Å². The van der Waals surface area contributed by atoms with Gasteiger partial charge in [0.15, 0.2) is 5.76 Å². The van der Waals surface area contributed by atoms with Gasteiger partial charge in [0, 0.05) is 12.6 Å². The monoisotopic (exact) mass is 407 g/mol. The van der Waals surface area contributed by atoms with Crippen LogP contribution in [-0.2, 0) is 11.3 Å². The fourth-order valence-electron chi connectivity index (χ4n) is 4.03. The van der Waals surface area contributed by atoms with Gasteiger partial charge in [0.25, 0.3) is 0 Å². The first-order valence-corrected chi connectivity index (χ1v) is 10.2. The molecule has 2 aliphatic rings. The second-order valence-electron chi connectivity index (χ2n) is 7.81. The predicted octanol–water partition coefficient (Wildman–Crippen LogP) is 4.17. The number of hydrogen-bond donors (Lipinski definition) is 1. The van der Waals surface area contributed by atoms with E-state index in [4.69, 9.17) is 9.47 Å². The number of ether oxygens (including phenoxy) is 2. The molecular weight excluding hydrogens is 382 g/mol. The van der Waals surface area contributed by atoms with E-state index in [1.807, 2.05) is 0 Å². The summed E-state index contributed by atoms with van der Waals surface area (Å²) < 4.78 is 10.6. The fourth-order valence-corrected chi connectivity index (χ4v) is 4.03. The molecule has 2 heterocycles. The molecule has 6 nitrogen and oxygen atoms in total. The summed E-state index contributed by atoms with van der Waals surface area (Å²) in [5.41, 5.74) is 2.28. The number of phenols is 1. The number of piperidine rings is 1. The smallest absolute Gasteiger partial charge is 0.337 e. The van der Waals surface area contributed by atoms with E-state index in [0.29, 0.717) is 35.0 Å². The second-order valence-corrected chi connectivity index (χ2v) is 7.81. The fraction of sp³-hybridized carbons (Fsp3) is 0.333. The van der Waals surface area contributed by atoms with Gasteiger partial charge in [-0.3, -0.25) is 9.69 Å². The van der Waals surface area contributed by atoms with Gasteiger partial charge in [-0.05, 0) is 62.2 Å². The van der Waals surface area contributed by atoms with E-state index in [-0.39, 0.29) is 17.3 Å². The SMILES string of the molecule is COC(=O)c1ccc(C=C2Oc3c(ccc(O)c3CN3CCCC[C@H]3C)C2=O)cc1. The number of Topliss-reactive ketones (excluding diaryl/α,β-unsaturated/α-hetero) is 1. The van der Waals surface area contributed by atoms with E-state index < -0.39 is 5.97 Å². The Bertz CT molecular complexity index is 1010. The summed E-state index contributed by atoms with van der Waals surface area (Å²) in [6, 6.07) is 10.3. The van der Waals surface area contributed by atoms with Gasteiger partial charge in [0.2, 0.25) is 5.78 Å². The number of phenolic OH excluding ortho intramolecular Hbond substituents is 1. The van der Waals surface area contributed by atoms with Gasteiger partial charge in [-0.1, -0.05) is 18.6 Å². The average molecular weight is 407 g/mol. The maximum Gasteiger partial charge on any atom is 0.337 e. The Morgan fingerprint density at radius 3 is 2.70 bits per heavy atom. The van der Waals surface area contributed by atoms with Crippen molar-refractivity contribution in [3.05, 3.63) is 64.4 Å². The molecule has 2 aliphatic heterocycles. The number of carbonyl (C=O) groups excluding carboxylic acids is 2. The number of aromatic hydroxyl groups is 1. The summed E-state index contributed by atoms with van der Waals surface area (Å²) in [6.07, 6.45) is 5.12. The van der Waals surface area contributed by atoms with Crippen LogP contribution in [0.4, 0.5) is 0 Å². The number of likely N-dealkylation sites (tertiary alicyclic amines) is 1. The standard InChI is InChI=1S/C24H25NO5/c1-15-5-3-4-12-25(15)14-19-20(26)11-10-18-22(27)21(30-23(18)19)13-16-6-8-17(9-7-16)24(28)29-2/h6-11,13,15,26H,3-5,12,14H2,1-2H3/t15-/m1/s1. The van der Waals surface area contributed by atoms with Gasteiger partial charge in [-0.25, -0.2) is 4.79 Å². The van der Waals surface area contributed by atoms with Crippen LogP contribution in [0, 0.1) is 0 Å². The number of nitrogens with zero attached hydrogens (tertiary/aromatic N) is 1. The van der Waals surface area contributed by atoms with Crippen molar-refractivity contribution in [2.24, 2.45) is 0 Å². The predicted molar refractivity (Wildman–Crippen MR) is 113 cm³/mol. The first-order chi connectivity index (χ1) is 14.5. The summed E-state index contributed by atoms with van der Waals surface area (Å²) in [7, 11) is 1.33. The zero-order chi connectivity index (χ0) is 21.3. The van der Waals surface area contributed by atoms with E-state index in [1.165, 1.54) is 13.5 Å². The van der Waals surface area contributed by atoms with E-state index in [1.54, 1.807) is 42.5 Å². The number of carbonyl (C=O) groups is 2. The van der Waals surface area contributed by atoms with Crippen LogP contribution in [0.1, 0.15) is 58.0 Å². The molecule has 6 heteroatoms. The second kappa shape index (κ2) is 8.32. The number of fused-ring (bicyclic) bond motifs is 1. The van der Waals surface area contributed by atoms with Crippen LogP contribution in [-0.4, -0.2) is 41.5 Å². The lowest BCUT2D eigenvalue weighted by Crippen LogP contribution is -2.36. The molecule has 2 aromatic carbocycles. The van der Waals surface area contributed by atoms with Crippen LogP contribution in [0.15, 0.2) is 42.2 Å². The van der Waals surface area contributed by atoms with Crippen molar-refractivity contribution in [3.8, 4) is 11.5 Å². The molecule has 1 fully saturated rings. The molecule has 0 aliphatic carbocycles. The van der Waals surface area contributed by atoms with Crippen molar-refractivity contribution < 1.29 is 24.2 Å². The third-order valence-corrected chi connectivity index (χ3v) is 5.85. The van der Waals surface area contributed by atoms with Gasteiger partial charge < -0.3 is 14.6 Å². The number of hydrogen-bond acceptors (Lipinski definition) is 6. The van der Waals surface area contributed by atoms with E-state index in [2.05, 4.69) is 11.8 Å². The Morgan fingerprint density at radius 2 is 2.00 bits per heavy atom. The van der Waals surface area contributed by atoms with Crippen molar-refractivity contribution in [1.29, 1.82) is 0 Å². The number of benzene rings is 2. The number of esters is 1. The Labute approximate surface area is 175 Å². The minimum absolute atomic E-state index is 0.142. The molecule has 0 radical (unpaired) electrons. The van der Waals surface area contributed by atoms with Gasteiger partial charge in [-0.15, -0.1) is 0 Å². The summed E-state index contributed by atoms with van der Waals surface area (Å²) >= 11 is 0. The highest BCUT2D eigenvalue weighted by Crippen LogP contribution is 2.40. The van der Waals surface area contributed by atoms with Crippen molar-refractivity contribution >= 4 is 17.8 Å². The van der Waals surface area contributed by atoms with Crippen LogP contribution in [0.5, 0.6) is 11.5 Å². The maximum absolute atomic E-state index is 12.9. The van der Waals surface area contributed by atoms with Crippen LogP contribution < -0.4 is 4.74 Å². The van der Waals surface area contributed by atoms with Gasteiger partial charge >= 0.3 is 5.97 Å². The molecule has 0 aromatic heterocycles. The molecule has 1 saturated heterocycles. The molecule has 0 bridgehead atoms. The highest BCUT2D eigenvalue weighted by atomic mass is 16.5. The van der Waals surface area contributed by atoms with Gasteiger partial charge in [0.05, 0.1) is 23.8 Å². The molecule has 0 saturated carbocycles. The molecule has 0 amide bonds. The summed E-state index contributed by atoms with van der Waals surface area (Å²) in [6.45, 7) is 3.70. The zero-order valence-corrected chi connectivity index (χ0v) is 17.2. The lowest BCUT2D eigenvalue weighted by atomic mass is 10.0. The Hall–Kier alpha value is -3.12. The van der Waals surface area contributed by atoms with E-state index >= 15 is 0 Å². The van der Waals surface area contributed by atoms with Crippen LogP contribution in [0.2, 0.25) is 0 Å². The Balaban J connectivity index is 1.61. The largest absolute Gasteiger partial charge is 0.507 e. The molecule has 0 spiro atoms. The highest BCUT2D eigenvalue weighted by Gasteiger charge is 2.32. The van der Waals surface area contributed by atoms with Crippen LogP contribution in [0.25, 0.3) is 6.08 Å². The molecule has 156 valence electrons. The molecule has 2 aromatic rings. The van der Waals surface area contributed by atoms with Crippen molar-refractivity contribution in [1.82, 2.24) is 4.90 Å². The summed E-state index contributed by atoms with van der Waals surface area (Å²) in [5, 5.41) is 10.5. The molecule has 4 rings (SSSR count). The Morgan fingerprint density at radius 1 is 1.23 bits per heavy atom. The molecule has 30 heavy (non-hydrogen) atoms. The minimum atomic E-state index is -0.415. The van der Waals surface area contributed by atoms with Crippen molar-refractivity contribution in [2.75, 3.05) is 13.7 Å². The zero-order valence-electron chi connectivity index (χ0n) is 17.2. The number of ketones is 1. The average Bonchev–Trinajstić information content (AvgIpc) is 3.07. The molecule has 1 N–H and O–H groups in total. The normalized spacial score (nSPS) is 20.1. The lowest BCUT2D eigenvalue weighted by Gasteiger charge is -2.33. The maximum atomic E-state index is 12.9. The summed E-state index contributed by atoms with van der Waals surface area (Å²) in [4.78, 5) is 26.8. The molecular formula is C24H25NO5. The third-order valence-electron chi connectivity index (χ3n) is 5.85. The number of methoxy groups -OCH3 is 1. The topological polar surface area (TPSA) is 76.1 Å². The van der Waals surface area contributed by atoms with Gasteiger partial charge in [-0.2, -0.15) is 0 Å². The van der Waals surface area contributed by atoms with Crippen molar-refractivity contribution in [2.45, 2.75) is 38.8 Å². The van der Waals surface area contributed by atoms with Crippen molar-refractivity contribution in [3.63, 3.8) is 0 Å². The Kier molecular flexibility index (Phi) is 5.59. The summed E-state index contributed by atoms with van der Waals surface area (Å²) in [5.74, 6) is 0.157. The van der Waals surface area contributed by atoms with Crippen LogP contribution >= 0.6 is 0 Å². The third kappa shape index (κ3) is 3.83. The first-order valence-electron chi connectivity index (χ1n) is 10.2. The highest BCUT2D eigenvalue weighted by molar-refractivity contribution is 6.15. The molecule has 0 unspecified atom stereocenters. The van der Waals surface area contributed by atoms with E-state index in [9.17, 15) is 14.7 Å². The first kappa shape index (κ1) is 20.2. The molecule has 1 atom stereocenters. The van der Waals surface area contributed by atoms with E-state index in [0.717, 1.165) is 24.9 Å². The number of rotatable bonds is 4. The number of allylic oxidation sites excluding steroid dienone is 1. The lowest BCUT2D eigenvalue weighted by molar-refractivity contribution is 0.0600. The quantitative estimate of drug-likeness (QED) is 0.606. The van der Waals surface area contributed by atoms with Gasteiger partial charge in [0.1, 0.15) is 11.5 Å². The minimum Gasteiger partial charge on any atom is -0.507 e.